The summed E-state index contributed by atoms with van der Waals surface area (Å²) in [5, 5.41) is 20.6. The van der Waals surface area contributed by atoms with E-state index in [1.165, 1.54) is 12.1 Å². The number of benzene rings is 1. The first-order valence-electron chi connectivity index (χ1n) is 7.41. The van der Waals surface area contributed by atoms with Crippen LogP contribution in [0.25, 0.3) is 0 Å². The Kier molecular flexibility index (Phi) is 5.88. The number of nitriles is 1. The van der Waals surface area contributed by atoms with Crippen LogP contribution in [-0.2, 0) is 9.53 Å². The van der Waals surface area contributed by atoms with E-state index >= 15 is 0 Å². The molecule has 124 valence electrons. The van der Waals surface area contributed by atoms with Gasteiger partial charge in [0.15, 0.2) is 0 Å². The first kappa shape index (κ1) is 17.2. The minimum Gasteiger partial charge on any atom is -0.480 e. The fraction of sp³-hybridized carbons (Fsp3) is 0.500. The van der Waals surface area contributed by atoms with Gasteiger partial charge in [0.2, 0.25) is 0 Å². The molecular weight excluding hydrogens is 306 g/mol. The Morgan fingerprint density at radius 1 is 1.39 bits per heavy atom. The molecule has 0 atom stereocenters. The molecule has 0 saturated heterocycles. The number of carboxylic acid groups (broad SMARTS) is 1. The smallest absolute Gasteiger partial charge is 0.329 e. The number of anilines is 1. The molecule has 1 aliphatic carbocycles. The second-order valence-electron chi connectivity index (χ2n) is 5.54. The lowest BCUT2D eigenvalue weighted by molar-refractivity contribution is -0.145. The number of nitrogens with one attached hydrogen (secondary N) is 1. The van der Waals surface area contributed by atoms with Crippen LogP contribution in [0.15, 0.2) is 18.2 Å². The van der Waals surface area contributed by atoms with Gasteiger partial charge in [0, 0.05) is 17.3 Å². The molecule has 0 aliphatic heterocycles. The van der Waals surface area contributed by atoms with Gasteiger partial charge in [-0.15, -0.1) is 0 Å². The molecule has 0 unspecified atom stereocenters. The van der Waals surface area contributed by atoms with Gasteiger partial charge >= 0.3 is 5.97 Å². The summed E-state index contributed by atoms with van der Waals surface area (Å²) in [6, 6.07) is 6.22. The maximum Gasteiger partial charge on any atom is 0.329 e. The van der Waals surface area contributed by atoms with Crippen molar-refractivity contribution in [3.05, 3.63) is 29.3 Å². The highest BCUT2D eigenvalue weighted by Crippen LogP contribution is 2.28. The van der Waals surface area contributed by atoms with Gasteiger partial charge in [0.05, 0.1) is 17.7 Å². The summed E-state index contributed by atoms with van der Waals surface area (Å²) in [7, 11) is 0. The number of aliphatic carboxylic acids is 1. The van der Waals surface area contributed by atoms with Gasteiger partial charge in [0.25, 0.3) is 6.43 Å². The number of nitrogens with zero attached hydrogens (tertiary/aromatic N) is 1. The van der Waals surface area contributed by atoms with Crippen LogP contribution in [0.4, 0.5) is 14.5 Å². The fourth-order valence-electron chi connectivity index (χ4n) is 2.73. The second-order valence-corrected chi connectivity index (χ2v) is 5.54. The summed E-state index contributed by atoms with van der Waals surface area (Å²) in [5.41, 5.74) is 0.279. The van der Waals surface area contributed by atoms with Gasteiger partial charge in [-0.2, -0.15) is 5.26 Å². The number of halogens is 2. The summed E-state index contributed by atoms with van der Waals surface area (Å²) < 4.78 is 31.1. The SMILES string of the molecule is N#Cc1ccc(NC2CCC(OCC(=O)O)CC2)cc1C(F)F. The first-order chi connectivity index (χ1) is 11.0. The van der Waals surface area contributed by atoms with E-state index in [4.69, 9.17) is 15.1 Å². The van der Waals surface area contributed by atoms with E-state index in [2.05, 4.69) is 5.32 Å². The number of hydrogen-bond donors (Lipinski definition) is 2. The van der Waals surface area contributed by atoms with Crippen molar-refractivity contribution in [2.75, 3.05) is 11.9 Å². The molecule has 0 bridgehead atoms. The minimum absolute atomic E-state index is 0.0173. The lowest BCUT2D eigenvalue weighted by Crippen LogP contribution is -2.30. The maximum atomic E-state index is 12.9. The van der Waals surface area contributed by atoms with Gasteiger partial charge < -0.3 is 15.2 Å². The zero-order valence-corrected chi connectivity index (χ0v) is 12.5. The highest BCUT2D eigenvalue weighted by Gasteiger charge is 2.22. The monoisotopic (exact) mass is 324 g/mol. The molecule has 0 radical (unpaired) electrons. The number of alkyl halides is 2. The molecule has 0 amide bonds. The predicted molar refractivity (Wildman–Crippen MR) is 79.4 cm³/mol. The van der Waals surface area contributed by atoms with Crippen LogP contribution in [0.2, 0.25) is 0 Å². The molecule has 1 fully saturated rings. The van der Waals surface area contributed by atoms with Crippen LogP contribution < -0.4 is 5.32 Å². The second kappa shape index (κ2) is 7.88. The molecule has 1 aliphatic rings. The number of rotatable bonds is 6. The molecule has 1 aromatic carbocycles. The number of hydrogen-bond acceptors (Lipinski definition) is 4. The standard InChI is InChI=1S/C16H18F2N2O3/c17-16(18)14-7-12(2-1-10(14)8-19)20-11-3-5-13(6-4-11)23-9-15(21)22/h1-2,7,11,13,16,20H,3-6,9H2,(H,21,22). The Bertz CT molecular complexity index is 593. The average molecular weight is 324 g/mol. The Balaban J connectivity index is 1.90. The Hall–Kier alpha value is -2.20. The van der Waals surface area contributed by atoms with Gasteiger partial charge in [-0.1, -0.05) is 0 Å². The van der Waals surface area contributed by atoms with Crippen LogP contribution in [0.3, 0.4) is 0 Å². The Labute approximate surface area is 132 Å². The predicted octanol–water partition coefficient (Wildman–Crippen LogP) is 3.32. The highest BCUT2D eigenvalue weighted by molar-refractivity contribution is 5.68. The third-order valence-corrected chi connectivity index (χ3v) is 3.89. The summed E-state index contributed by atoms with van der Waals surface area (Å²) in [6.45, 7) is -0.296. The van der Waals surface area contributed by atoms with Crippen LogP contribution in [-0.4, -0.2) is 29.8 Å². The molecule has 7 heteroatoms. The number of carbonyl (C=O) groups is 1. The van der Waals surface area contributed by atoms with Crippen molar-refractivity contribution in [1.29, 1.82) is 5.26 Å². The van der Waals surface area contributed by atoms with Crippen molar-refractivity contribution in [2.24, 2.45) is 0 Å². The van der Waals surface area contributed by atoms with E-state index in [9.17, 15) is 13.6 Å². The normalized spacial score (nSPS) is 21.0. The quantitative estimate of drug-likeness (QED) is 0.839. The lowest BCUT2D eigenvalue weighted by atomic mass is 9.92. The van der Waals surface area contributed by atoms with Crippen LogP contribution in [0, 0.1) is 11.3 Å². The summed E-state index contributed by atoms with van der Waals surface area (Å²) in [5.74, 6) is -0.984. The Morgan fingerprint density at radius 3 is 2.65 bits per heavy atom. The summed E-state index contributed by atoms with van der Waals surface area (Å²) in [4.78, 5) is 10.5. The number of carboxylic acids is 1. The van der Waals surface area contributed by atoms with Crippen molar-refractivity contribution in [1.82, 2.24) is 0 Å². The largest absolute Gasteiger partial charge is 0.480 e. The van der Waals surface area contributed by atoms with Crippen LogP contribution >= 0.6 is 0 Å². The molecule has 0 aromatic heterocycles. The van der Waals surface area contributed by atoms with Crippen molar-refractivity contribution < 1.29 is 23.4 Å². The lowest BCUT2D eigenvalue weighted by Gasteiger charge is -2.29. The summed E-state index contributed by atoms with van der Waals surface area (Å²) in [6.07, 6.45) is 0.238. The van der Waals surface area contributed by atoms with Crippen molar-refractivity contribution in [2.45, 2.75) is 44.3 Å². The average Bonchev–Trinajstić information content (AvgIpc) is 2.54. The van der Waals surface area contributed by atoms with Crippen LogP contribution in [0.5, 0.6) is 0 Å². The van der Waals surface area contributed by atoms with E-state index in [0.29, 0.717) is 5.69 Å². The summed E-state index contributed by atoms with van der Waals surface area (Å²) >= 11 is 0. The van der Waals surface area contributed by atoms with E-state index in [1.54, 1.807) is 12.1 Å². The third kappa shape index (κ3) is 4.89. The van der Waals surface area contributed by atoms with Gasteiger partial charge in [-0.25, -0.2) is 13.6 Å². The zero-order chi connectivity index (χ0) is 16.8. The molecule has 2 rings (SSSR count). The van der Waals surface area contributed by atoms with E-state index in [0.717, 1.165) is 25.7 Å². The van der Waals surface area contributed by atoms with E-state index < -0.39 is 12.4 Å². The molecule has 2 N–H and O–H groups in total. The first-order valence-corrected chi connectivity index (χ1v) is 7.41. The topological polar surface area (TPSA) is 82.3 Å². The van der Waals surface area contributed by atoms with E-state index in [1.807, 2.05) is 0 Å². The zero-order valence-electron chi connectivity index (χ0n) is 12.5. The van der Waals surface area contributed by atoms with Crippen molar-refractivity contribution in [3.63, 3.8) is 0 Å². The molecular formula is C16H18F2N2O3. The molecule has 5 nitrogen and oxygen atoms in total. The van der Waals surface area contributed by atoms with Crippen molar-refractivity contribution >= 4 is 11.7 Å². The Morgan fingerprint density at radius 2 is 2.09 bits per heavy atom. The van der Waals surface area contributed by atoms with Gasteiger partial charge in [0.1, 0.15) is 6.61 Å². The van der Waals surface area contributed by atoms with E-state index in [-0.39, 0.29) is 29.9 Å². The maximum absolute atomic E-state index is 12.9. The molecule has 23 heavy (non-hydrogen) atoms. The van der Waals surface area contributed by atoms with Crippen LogP contribution in [0.1, 0.15) is 43.2 Å². The molecule has 0 heterocycles. The van der Waals surface area contributed by atoms with Gasteiger partial charge in [-0.05, 0) is 43.9 Å². The molecule has 1 saturated carbocycles. The third-order valence-electron chi connectivity index (χ3n) is 3.89. The highest BCUT2D eigenvalue weighted by atomic mass is 19.3. The fourth-order valence-corrected chi connectivity index (χ4v) is 2.73. The molecule has 0 spiro atoms. The van der Waals surface area contributed by atoms with Crippen molar-refractivity contribution in [3.8, 4) is 6.07 Å². The minimum atomic E-state index is -2.69. The number of ether oxygens (including phenoxy) is 1. The van der Waals surface area contributed by atoms with Gasteiger partial charge in [-0.3, -0.25) is 0 Å². The molecule has 1 aromatic rings.